The lowest BCUT2D eigenvalue weighted by molar-refractivity contribution is -0.134. The van der Waals surface area contributed by atoms with E-state index in [9.17, 15) is 23.9 Å². The van der Waals surface area contributed by atoms with E-state index in [2.05, 4.69) is 5.32 Å². The molecule has 2 aromatic rings. The van der Waals surface area contributed by atoms with E-state index in [1.165, 1.54) is 27.8 Å². The molecule has 10 heteroatoms. The van der Waals surface area contributed by atoms with Crippen molar-refractivity contribution in [1.29, 1.82) is 0 Å². The Morgan fingerprint density at radius 1 is 1.39 bits per heavy atom. The molecule has 0 unspecified atom stereocenters. The normalized spacial score (nSPS) is 20.2. The first-order valence-electron chi connectivity index (χ1n) is 9.95. The van der Waals surface area contributed by atoms with E-state index in [0.29, 0.717) is 18.5 Å². The zero-order valence-corrected chi connectivity index (χ0v) is 17.5. The fraction of sp³-hybridized carbons (Fsp3) is 0.381. The molecule has 8 nitrogen and oxygen atoms in total. The summed E-state index contributed by atoms with van der Waals surface area (Å²) in [5.74, 6) is -2.53. The third-order valence-corrected chi connectivity index (χ3v) is 5.97. The number of aromatic nitrogens is 1. The number of rotatable bonds is 4. The Bertz CT molecular complexity index is 1120. The van der Waals surface area contributed by atoms with E-state index in [4.69, 9.17) is 16.3 Å². The molecule has 2 aliphatic rings. The number of hydrogen-bond donors (Lipinski definition) is 2. The first kappa shape index (κ1) is 21.3. The number of carbonyl (C=O) groups is 2. The van der Waals surface area contributed by atoms with E-state index in [0.717, 1.165) is 12.5 Å². The molecule has 0 bridgehead atoms. The van der Waals surface area contributed by atoms with Gasteiger partial charge in [-0.1, -0.05) is 24.6 Å². The smallest absolute Gasteiger partial charge is 0.276 e. The molecule has 164 valence electrons. The molecule has 1 aromatic carbocycles. The molecular formula is C21H21ClFN3O5. The lowest BCUT2D eigenvalue weighted by Gasteiger charge is -2.43. The Labute approximate surface area is 182 Å². The Balaban J connectivity index is 1.60. The van der Waals surface area contributed by atoms with Crippen LogP contribution in [0.4, 0.5) is 4.39 Å². The van der Waals surface area contributed by atoms with Crippen molar-refractivity contribution in [3.8, 4) is 5.75 Å². The molecule has 2 aliphatic heterocycles. The Morgan fingerprint density at radius 3 is 2.87 bits per heavy atom. The summed E-state index contributed by atoms with van der Waals surface area (Å²) >= 11 is 5.96. The van der Waals surface area contributed by atoms with Crippen molar-refractivity contribution in [2.75, 3.05) is 6.54 Å². The van der Waals surface area contributed by atoms with Crippen LogP contribution >= 0.6 is 11.6 Å². The standard InChI is InChI=1S/C21H21ClFN3O5/c1-2-13-5-6-26-16(31-13)10-25-9-14(18(27)19(28)17(25)21(26)30)20(29)24-8-11-3-4-12(23)7-15(11)22/h3-4,7,9,13,16,28H,2,5-6,8,10H2,1H3,(H,24,29)/t13-,16+/m0/s1. The number of nitrogens with zero attached hydrogens (tertiary/aromatic N) is 2. The minimum absolute atomic E-state index is 0.0202. The molecule has 4 rings (SSSR count). The minimum atomic E-state index is -0.940. The maximum absolute atomic E-state index is 13.2. The van der Waals surface area contributed by atoms with Crippen LogP contribution in [0.15, 0.2) is 29.2 Å². The number of carbonyl (C=O) groups excluding carboxylic acids is 2. The van der Waals surface area contributed by atoms with Gasteiger partial charge < -0.3 is 24.6 Å². The van der Waals surface area contributed by atoms with Crippen LogP contribution in [0.3, 0.4) is 0 Å². The van der Waals surface area contributed by atoms with Crippen molar-refractivity contribution in [2.24, 2.45) is 0 Å². The number of nitrogens with one attached hydrogen (secondary N) is 1. The van der Waals surface area contributed by atoms with Crippen LogP contribution in [-0.2, 0) is 17.8 Å². The number of fused-ring (bicyclic) bond motifs is 2. The van der Waals surface area contributed by atoms with Gasteiger partial charge in [-0.3, -0.25) is 14.4 Å². The van der Waals surface area contributed by atoms with E-state index in [-0.39, 0.29) is 35.5 Å². The molecule has 0 radical (unpaired) electrons. The van der Waals surface area contributed by atoms with Crippen molar-refractivity contribution in [1.82, 2.24) is 14.8 Å². The quantitative estimate of drug-likeness (QED) is 0.745. The van der Waals surface area contributed by atoms with Gasteiger partial charge in [0.2, 0.25) is 5.43 Å². The molecule has 0 spiro atoms. The van der Waals surface area contributed by atoms with Gasteiger partial charge in [0.1, 0.15) is 11.4 Å². The van der Waals surface area contributed by atoms with Crippen LogP contribution in [-0.4, -0.2) is 45.3 Å². The average molecular weight is 450 g/mol. The summed E-state index contributed by atoms with van der Waals surface area (Å²) in [5.41, 5.74) is -0.947. The molecule has 1 fully saturated rings. The fourth-order valence-corrected chi connectivity index (χ4v) is 4.12. The van der Waals surface area contributed by atoms with Gasteiger partial charge in [-0.05, 0) is 30.5 Å². The number of ether oxygens (including phenoxy) is 1. The van der Waals surface area contributed by atoms with Gasteiger partial charge in [0.15, 0.2) is 17.7 Å². The summed E-state index contributed by atoms with van der Waals surface area (Å²) in [6.45, 7) is 2.61. The first-order valence-corrected chi connectivity index (χ1v) is 10.3. The predicted octanol–water partition coefficient (Wildman–Crippen LogP) is 2.26. The second-order valence-corrected chi connectivity index (χ2v) is 7.96. The van der Waals surface area contributed by atoms with E-state index >= 15 is 0 Å². The average Bonchev–Trinajstić information content (AvgIpc) is 2.74. The van der Waals surface area contributed by atoms with E-state index in [1.807, 2.05) is 6.92 Å². The van der Waals surface area contributed by atoms with E-state index in [1.54, 1.807) is 0 Å². The SMILES string of the molecule is CC[C@H]1CCN2C(=O)c3c(O)c(=O)c(C(=O)NCc4ccc(F)cc4Cl)cn3C[C@H]2O1. The van der Waals surface area contributed by atoms with Crippen molar-refractivity contribution in [3.05, 3.63) is 62.3 Å². The van der Waals surface area contributed by atoms with Crippen molar-refractivity contribution < 1.29 is 23.8 Å². The summed E-state index contributed by atoms with van der Waals surface area (Å²) < 4.78 is 20.5. The molecule has 0 saturated carbocycles. The third kappa shape index (κ3) is 3.90. The summed E-state index contributed by atoms with van der Waals surface area (Å²) in [5, 5.41) is 13.1. The highest BCUT2D eigenvalue weighted by Crippen LogP contribution is 2.29. The lowest BCUT2D eigenvalue weighted by atomic mass is 10.1. The Morgan fingerprint density at radius 2 is 2.16 bits per heavy atom. The maximum Gasteiger partial charge on any atom is 0.276 e. The molecule has 1 aromatic heterocycles. The highest BCUT2D eigenvalue weighted by Gasteiger charge is 2.40. The number of amides is 2. The van der Waals surface area contributed by atoms with Crippen molar-refractivity contribution >= 4 is 23.4 Å². The van der Waals surface area contributed by atoms with Crippen LogP contribution in [0.25, 0.3) is 0 Å². The molecule has 1 saturated heterocycles. The molecule has 2 amide bonds. The fourth-order valence-electron chi connectivity index (χ4n) is 3.89. The topological polar surface area (TPSA) is 101 Å². The zero-order chi connectivity index (χ0) is 22.3. The molecule has 3 heterocycles. The van der Waals surface area contributed by atoms with Crippen molar-refractivity contribution in [2.45, 2.75) is 45.2 Å². The zero-order valence-electron chi connectivity index (χ0n) is 16.7. The van der Waals surface area contributed by atoms with Gasteiger partial charge >= 0.3 is 0 Å². The van der Waals surface area contributed by atoms with Crippen LogP contribution in [0.2, 0.25) is 5.02 Å². The molecule has 2 atom stereocenters. The monoisotopic (exact) mass is 449 g/mol. The Kier molecular flexibility index (Phi) is 5.72. The molecule has 31 heavy (non-hydrogen) atoms. The van der Waals surface area contributed by atoms with Crippen LogP contribution < -0.4 is 10.7 Å². The number of pyridine rings is 1. The van der Waals surface area contributed by atoms with Crippen LogP contribution in [0, 0.1) is 5.82 Å². The summed E-state index contributed by atoms with van der Waals surface area (Å²) in [6, 6.07) is 3.75. The molecular weight excluding hydrogens is 429 g/mol. The van der Waals surface area contributed by atoms with Gasteiger partial charge in [-0.15, -0.1) is 0 Å². The summed E-state index contributed by atoms with van der Waals surface area (Å²) in [6.07, 6.45) is 2.23. The van der Waals surface area contributed by atoms with Crippen LogP contribution in [0.1, 0.15) is 46.2 Å². The van der Waals surface area contributed by atoms with Gasteiger partial charge in [0, 0.05) is 24.3 Å². The van der Waals surface area contributed by atoms with Gasteiger partial charge in [-0.2, -0.15) is 0 Å². The maximum atomic E-state index is 13.2. The number of aromatic hydroxyl groups is 1. The number of hydrogen-bond acceptors (Lipinski definition) is 5. The van der Waals surface area contributed by atoms with Gasteiger partial charge in [0.25, 0.3) is 11.8 Å². The Hall–Kier alpha value is -2.91. The lowest BCUT2D eigenvalue weighted by Crippen LogP contribution is -2.55. The largest absolute Gasteiger partial charge is 0.503 e. The van der Waals surface area contributed by atoms with Gasteiger partial charge in [-0.25, -0.2) is 4.39 Å². The van der Waals surface area contributed by atoms with Crippen LogP contribution in [0.5, 0.6) is 5.75 Å². The van der Waals surface area contributed by atoms with Gasteiger partial charge in [0.05, 0.1) is 12.6 Å². The molecule has 0 aliphatic carbocycles. The minimum Gasteiger partial charge on any atom is -0.503 e. The predicted molar refractivity (Wildman–Crippen MR) is 110 cm³/mol. The highest BCUT2D eigenvalue weighted by atomic mass is 35.5. The first-order chi connectivity index (χ1) is 14.8. The summed E-state index contributed by atoms with van der Waals surface area (Å²) in [7, 11) is 0. The molecule has 2 N–H and O–H groups in total. The third-order valence-electron chi connectivity index (χ3n) is 5.62. The highest BCUT2D eigenvalue weighted by molar-refractivity contribution is 6.31. The summed E-state index contributed by atoms with van der Waals surface area (Å²) in [4.78, 5) is 39.6. The van der Waals surface area contributed by atoms with E-state index < -0.39 is 35.0 Å². The number of benzene rings is 1. The number of halogens is 2. The van der Waals surface area contributed by atoms with Crippen molar-refractivity contribution in [3.63, 3.8) is 0 Å². The second kappa shape index (κ2) is 8.32. The second-order valence-electron chi connectivity index (χ2n) is 7.55.